The Morgan fingerprint density at radius 3 is 2.52 bits per heavy atom. The van der Waals surface area contributed by atoms with E-state index in [2.05, 4.69) is 34.6 Å². The Morgan fingerprint density at radius 2 is 1.83 bits per heavy atom. The topological polar surface area (TPSA) is 38.7 Å². The second-order valence-electron chi connectivity index (χ2n) is 9.92. The zero-order valence-corrected chi connectivity index (χ0v) is 15.5. The molecule has 23 heavy (non-hydrogen) atoms. The summed E-state index contributed by atoms with van der Waals surface area (Å²) < 4.78 is 13.4. The highest BCUT2D eigenvalue weighted by Crippen LogP contribution is 2.60. The van der Waals surface area contributed by atoms with Crippen LogP contribution in [0.15, 0.2) is 0 Å². The van der Waals surface area contributed by atoms with Gasteiger partial charge in [-0.15, -0.1) is 0 Å². The van der Waals surface area contributed by atoms with Gasteiger partial charge in [0.25, 0.3) is 0 Å². The summed E-state index contributed by atoms with van der Waals surface area (Å²) in [6.45, 7) is 11.3. The number of fused-ring (bicyclic) bond motifs is 8. The smallest absolute Gasteiger partial charge is 0.0925 e. The third kappa shape index (κ3) is 2.33. The average molecular weight is 322 g/mol. The van der Waals surface area contributed by atoms with E-state index in [1.165, 1.54) is 6.42 Å². The summed E-state index contributed by atoms with van der Waals surface area (Å²) >= 11 is 0. The molecule has 4 rings (SSSR count). The van der Waals surface area contributed by atoms with Crippen LogP contribution in [0.1, 0.15) is 73.1 Å². The van der Waals surface area contributed by atoms with Crippen molar-refractivity contribution in [1.29, 1.82) is 0 Å². The zero-order chi connectivity index (χ0) is 16.6. The predicted molar refractivity (Wildman–Crippen MR) is 90.2 cm³/mol. The van der Waals surface area contributed by atoms with Crippen LogP contribution in [0.2, 0.25) is 0 Å². The Kier molecular flexibility index (Phi) is 3.52. The SMILES string of the molecule is CC(C)[C@@H]1CC[C@](C)(O)[C@H]2C3C[C@@]4(C)CCC[C@](C)(O4)C(O3)[C@@H]12. The molecule has 4 fully saturated rings. The quantitative estimate of drug-likeness (QED) is 0.795. The van der Waals surface area contributed by atoms with Crippen molar-refractivity contribution < 1.29 is 14.6 Å². The monoisotopic (exact) mass is 322 g/mol. The molecule has 0 spiro atoms. The Hall–Kier alpha value is -0.120. The molecule has 4 aliphatic rings. The third-order valence-corrected chi connectivity index (χ3v) is 7.63. The molecular formula is C20H34O3. The van der Waals surface area contributed by atoms with Crippen LogP contribution in [0, 0.1) is 23.7 Å². The summed E-state index contributed by atoms with van der Waals surface area (Å²) in [6.07, 6.45) is 6.74. The summed E-state index contributed by atoms with van der Waals surface area (Å²) in [5, 5.41) is 11.2. The summed E-state index contributed by atoms with van der Waals surface area (Å²) in [5.41, 5.74) is -0.839. The fourth-order valence-corrected chi connectivity index (χ4v) is 6.68. The molecule has 3 nitrogen and oxygen atoms in total. The number of aliphatic hydroxyl groups is 1. The molecule has 132 valence electrons. The van der Waals surface area contributed by atoms with Crippen LogP contribution >= 0.6 is 0 Å². The molecular weight excluding hydrogens is 288 g/mol. The molecule has 8 atom stereocenters. The highest BCUT2D eigenvalue weighted by Gasteiger charge is 2.65. The van der Waals surface area contributed by atoms with Crippen molar-refractivity contribution in [1.82, 2.24) is 0 Å². The van der Waals surface area contributed by atoms with Gasteiger partial charge in [0.1, 0.15) is 0 Å². The van der Waals surface area contributed by atoms with Crippen LogP contribution < -0.4 is 0 Å². The highest BCUT2D eigenvalue weighted by atomic mass is 16.6. The lowest BCUT2D eigenvalue weighted by atomic mass is 9.56. The zero-order valence-electron chi connectivity index (χ0n) is 15.5. The van der Waals surface area contributed by atoms with Crippen molar-refractivity contribution >= 4 is 0 Å². The summed E-state index contributed by atoms with van der Waals surface area (Å²) in [6, 6.07) is 0. The lowest BCUT2D eigenvalue weighted by Crippen LogP contribution is -2.59. The Labute approximate surface area is 141 Å². The van der Waals surface area contributed by atoms with E-state index in [-0.39, 0.29) is 29.3 Å². The van der Waals surface area contributed by atoms with Gasteiger partial charge < -0.3 is 14.6 Å². The van der Waals surface area contributed by atoms with Gasteiger partial charge in [0, 0.05) is 12.3 Å². The van der Waals surface area contributed by atoms with Crippen molar-refractivity contribution in [3.8, 4) is 0 Å². The van der Waals surface area contributed by atoms with Crippen molar-refractivity contribution in [2.24, 2.45) is 23.7 Å². The molecule has 3 aliphatic heterocycles. The van der Waals surface area contributed by atoms with Crippen LogP contribution in [0.25, 0.3) is 0 Å². The van der Waals surface area contributed by atoms with Crippen molar-refractivity contribution in [3.05, 3.63) is 0 Å². The minimum Gasteiger partial charge on any atom is -0.390 e. The second-order valence-corrected chi connectivity index (χ2v) is 9.92. The predicted octanol–water partition coefficient (Wildman–Crippen LogP) is 3.92. The first-order valence-electron chi connectivity index (χ1n) is 9.73. The van der Waals surface area contributed by atoms with Crippen molar-refractivity contribution in [3.63, 3.8) is 0 Å². The number of ether oxygens (including phenoxy) is 2. The molecule has 3 heteroatoms. The molecule has 2 unspecified atom stereocenters. The van der Waals surface area contributed by atoms with Gasteiger partial charge >= 0.3 is 0 Å². The maximum atomic E-state index is 11.2. The standard InChI is InChI=1S/C20H34O3/c1-12(2)13-7-10-19(4,21)16-14-11-18(3)8-6-9-20(5,23-18)17(22-14)15(13)16/h12-17,21H,6-11H2,1-5H3/t13-,14?,15-,16-,17?,18+,19-,20-/m0/s1. The van der Waals surface area contributed by atoms with Crippen LogP contribution in [-0.4, -0.2) is 34.1 Å². The first-order chi connectivity index (χ1) is 10.7. The van der Waals surface area contributed by atoms with E-state index in [1.54, 1.807) is 0 Å². The molecule has 0 amide bonds. The van der Waals surface area contributed by atoms with Gasteiger partial charge in [-0.1, -0.05) is 13.8 Å². The lowest BCUT2D eigenvalue weighted by Gasteiger charge is -2.54. The Balaban J connectivity index is 1.78. The van der Waals surface area contributed by atoms with Gasteiger partial charge in [0.05, 0.1) is 29.0 Å². The number of rotatable bonds is 1. The fraction of sp³-hybridized carbons (Fsp3) is 1.00. The van der Waals surface area contributed by atoms with Crippen LogP contribution in [-0.2, 0) is 9.47 Å². The maximum Gasteiger partial charge on any atom is 0.0925 e. The van der Waals surface area contributed by atoms with Gasteiger partial charge in [-0.05, 0) is 70.6 Å². The average Bonchev–Trinajstić information content (AvgIpc) is 2.75. The normalized spacial score (nSPS) is 58.8. The van der Waals surface area contributed by atoms with E-state index >= 15 is 0 Å². The van der Waals surface area contributed by atoms with E-state index in [4.69, 9.17) is 9.47 Å². The molecule has 0 radical (unpaired) electrons. The van der Waals surface area contributed by atoms with Gasteiger partial charge in [-0.3, -0.25) is 0 Å². The first-order valence-corrected chi connectivity index (χ1v) is 9.73. The lowest BCUT2D eigenvalue weighted by molar-refractivity contribution is -0.216. The first kappa shape index (κ1) is 16.4. The molecule has 4 bridgehead atoms. The summed E-state index contributed by atoms with van der Waals surface area (Å²) in [5.74, 6) is 1.99. The second kappa shape index (κ2) is 4.95. The molecule has 0 aromatic rings. The van der Waals surface area contributed by atoms with Crippen LogP contribution in [0.5, 0.6) is 0 Å². The van der Waals surface area contributed by atoms with Gasteiger partial charge in [0.2, 0.25) is 0 Å². The summed E-state index contributed by atoms with van der Waals surface area (Å²) in [7, 11) is 0. The largest absolute Gasteiger partial charge is 0.390 e. The molecule has 3 saturated heterocycles. The van der Waals surface area contributed by atoms with E-state index in [0.717, 1.165) is 32.1 Å². The van der Waals surface area contributed by atoms with Crippen molar-refractivity contribution in [2.75, 3.05) is 0 Å². The van der Waals surface area contributed by atoms with Gasteiger partial charge in [-0.25, -0.2) is 0 Å². The highest BCUT2D eigenvalue weighted by molar-refractivity contribution is 5.14. The maximum absolute atomic E-state index is 11.2. The molecule has 0 aromatic carbocycles. The fourth-order valence-electron chi connectivity index (χ4n) is 6.68. The molecule has 0 aromatic heterocycles. The number of hydrogen-bond donors (Lipinski definition) is 1. The number of hydrogen-bond acceptors (Lipinski definition) is 3. The van der Waals surface area contributed by atoms with Crippen LogP contribution in [0.3, 0.4) is 0 Å². The third-order valence-electron chi connectivity index (χ3n) is 7.63. The van der Waals surface area contributed by atoms with Crippen LogP contribution in [0.4, 0.5) is 0 Å². The molecule has 1 saturated carbocycles. The van der Waals surface area contributed by atoms with Crippen molar-refractivity contribution in [2.45, 2.75) is 102 Å². The van der Waals surface area contributed by atoms with E-state index in [1.807, 2.05) is 0 Å². The van der Waals surface area contributed by atoms with Gasteiger partial charge in [0.15, 0.2) is 0 Å². The van der Waals surface area contributed by atoms with E-state index in [9.17, 15) is 5.11 Å². The Bertz CT molecular complexity index is 487. The van der Waals surface area contributed by atoms with E-state index < -0.39 is 5.60 Å². The summed E-state index contributed by atoms with van der Waals surface area (Å²) in [4.78, 5) is 0. The Morgan fingerprint density at radius 1 is 1.09 bits per heavy atom. The van der Waals surface area contributed by atoms with Gasteiger partial charge in [-0.2, -0.15) is 0 Å². The molecule has 1 N–H and O–H groups in total. The minimum atomic E-state index is -0.589. The molecule has 1 aliphatic carbocycles. The van der Waals surface area contributed by atoms with E-state index in [0.29, 0.717) is 17.8 Å². The molecule has 3 heterocycles. The minimum absolute atomic E-state index is 0.0712.